The molecule has 2 unspecified atom stereocenters. The van der Waals surface area contributed by atoms with Crippen molar-refractivity contribution >= 4 is 16.2 Å². The summed E-state index contributed by atoms with van der Waals surface area (Å²) in [6, 6.07) is 0. The van der Waals surface area contributed by atoms with Crippen LogP contribution in [0.2, 0.25) is 0 Å². The fourth-order valence-corrected chi connectivity index (χ4v) is 4.87. The first-order chi connectivity index (χ1) is 10.8. The topological polar surface area (TPSA) is 90.4 Å². The predicted octanol–water partition coefficient (Wildman–Crippen LogP) is -0.177. The fourth-order valence-electron chi connectivity index (χ4n) is 3.12. The van der Waals surface area contributed by atoms with Crippen LogP contribution in [0, 0.1) is 0 Å². The minimum Gasteiger partial charge on any atom is -0.481 e. The maximum atomic E-state index is 12.7. The lowest BCUT2D eigenvalue weighted by molar-refractivity contribution is -0.137. The van der Waals surface area contributed by atoms with E-state index in [4.69, 9.17) is 9.84 Å². The fraction of sp³-hybridized carbons (Fsp3) is 0.929. The van der Waals surface area contributed by atoms with Gasteiger partial charge in [0.15, 0.2) is 0 Å². The molecule has 0 saturated carbocycles. The average Bonchev–Trinajstić information content (AvgIpc) is 2.46. The normalized spacial score (nSPS) is 28.8. The Morgan fingerprint density at radius 2 is 1.65 bits per heavy atom. The molecular formula is C14H27N3O5S. The minimum atomic E-state index is -3.44. The van der Waals surface area contributed by atoms with E-state index in [2.05, 4.69) is 4.90 Å². The quantitative estimate of drug-likeness (QED) is 0.716. The van der Waals surface area contributed by atoms with E-state index < -0.39 is 16.2 Å². The van der Waals surface area contributed by atoms with Gasteiger partial charge in [0.1, 0.15) is 0 Å². The number of piperazine rings is 1. The van der Waals surface area contributed by atoms with Crippen LogP contribution in [-0.2, 0) is 19.7 Å². The number of rotatable bonds is 6. The molecule has 9 heteroatoms. The highest BCUT2D eigenvalue weighted by molar-refractivity contribution is 7.86. The molecule has 134 valence electrons. The summed E-state index contributed by atoms with van der Waals surface area (Å²) in [4.78, 5) is 12.7. The first-order valence-electron chi connectivity index (χ1n) is 8.14. The largest absolute Gasteiger partial charge is 0.481 e. The van der Waals surface area contributed by atoms with Gasteiger partial charge in [-0.15, -0.1) is 0 Å². The van der Waals surface area contributed by atoms with Crippen molar-refractivity contribution in [2.75, 3.05) is 45.8 Å². The second-order valence-electron chi connectivity index (χ2n) is 6.32. The van der Waals surface area contributed by atoms with Crippen molar-refractivity contribution in [1.29, 1.82) is 0 Å². The van der Waals surface area contributed by atoms with Crippen molar-refractivity contribution in [2.24, 2.45) is 0 Å². The van der Waals surface area contributed by atoms with Crippen molar-refractivity contribution in [3.05, 3.63) is 0 Å². The summed E-state index contributed by atoms with van der Waals surface area (Å²) in [6.45, 7) is 7.47. The lowest BCUT2D eigenvalue weighted by atomic mass is 10.2. The molecule has 2 rings (SSSR count). The van der Waals surface area contributed by atoms with Gasteiger partial charge in [0.05, 0.1) is 12.2 Å². The molecular weight excluding hydrogens is 322 g/mol. The third-order valence-electron chi connectivity index (χ3n) is 4.23. The summed E-state index contributed by atoms with van der Waals surface area (Å²) < 4.78 is 34.1. The smallest absolute Gasteiger partial charge is 0.303 e. The maximum Gasteiger partial charge on any atom is 0.303 e. The van der Waals surface area contributed by atoms with Gasteiger partial charge < -0.3 is 14.7 Å². The van der Waals surface area contributed by atoms with Gasteiger partial charge in [-0.2, -0.15) is 17.0 Å². The molecule has 2 saturated heterocycles. The Bertz CT molecular complexity index is 495. The van der Waals surface area contributed by atoms with Crippen molar-refractivity contribution in [1.82, 2.24) is 13.5 Å². The Labute approximate surface area is 138 Å². The van der Waals surface area contributed by atoms with E-state index in [0.717, 1.165) is 0 Å². The lowest BCUT2D eigenvalue weighted by Crippen LogP contribution is -2.57. The van der Waals surface area contributed by atoms with E-state index in [9.17, 15) is 13.2 Å². The van der Waals surface area contributed by atoms with Crippen molar-refractivity contribution in [3.63, 3.8) is 0 Å². The zero-order valence-corrected chi connectivity index (χ0v) is 14.7. The number of aliphatic carboxylic acids is 1. The van der Waals surface area contributed by atoms with E-state index in [-0.39, 0.29) is 18.6 Å². The monoisotopic (exact) mass is 349 g/mol. The van der Waals surface area contributed by atoms with Crippen LogP contribution in [0.3, 0.4) is 0 Å². The molecule has 2 fully saturated rings. The van der Waals surface area contributed by atoms with Gasteiger partial charge >= 0.3 is 5.97 Å². The number of carboxylic acid groups (broad SMARTS) is 1. The molecule has 1 N–H and O–H groups in total. The highest BCUT2D eigenvalue weighted by Gasteiger charge is 2.36. The summed E-state index contributed by atoms with van der Waals surface area (Å²) in [5.74, 6) is -0.790. The minimum absolute atomic E-state index is 0.0918. The Balaban J connectivity index is 1.84. The molecule has 0 aromatic rings. The van der Waals surface area contributed by atoms with Crippen LogP contribution in [0.5, 0.6) is 0 Å². The summed E-state index contributed by atoms with van der Waals surface area (Å²) in [6.07, 6.45) is 0.569. The Hall–Kier alpha value is -0.740. The predicted molar refractivity (Wildman–Crippen MR) is 85.4 cm³/mol. The molecule has 2 atom stereocenters. The Morgan fingerprint density at radius 3 is 2.17 bits per heavy atom. The zero-order chi connectivity index (χ0) is 17.0. The molecule has 2 aliphatic heterocycles. The number of morpholine rings is 1. The lowest BCUT2D eigenvalue weighted by Gasteiger charge is -2.40. The van der Waals surface area contributed by atoms with Crippen molar-refractivity contribution < 1.29 is 23.1 Å². The van der Waals surface area contributed by atoms with Crippen LogP contribution in [0.4, 0.5) is 0 Å². The first kappa shape index (κ1) is 18.6. The van der Waals surface area contributed by atoms with E-state index in [1.165, 1.54) is 8.61 Å². The molecule has 0 radical (unpaired) electrons. The van der Waals surface area contributed by atoms with E-state index in [1.807, 2.05) is 13.8 Å². The number of carbonyl (C=O) groups is 1. The molecule has 2 aliphatic rings. The van der Waals surface area contributed by atoms with E-state index in [0.29, 0.717) is 52.2 Å². The van der Waals surface area contributed by atoms with Gasteiger partial charge in [-0.1, -0.05) is 0 Å². The standard InChI is InChI=1S/C14H27N3O5S/c1-12-10-17(11-13(2)22-12)23(20,21)16-8-6-15(7-9-16)5-3-4-14(18)19/h12-13H,3-11H2,1-2H3,(H,18,19). The molecule has 0 spiro atoms. The van der Waals surface area contributed by atoms with Gasteiger partial charge in [0.25, 0.3) is 10.2 Å². The van der Waals surface area contributed by atoms with Crippen LogP contribution < -0.4 is 0 Å². The summed E-state index contributed by atoms with van der Waals surface area (Å²) >= 11 is 0. The molecule has 0 aromatic heterocycles. The molecule has 0 amide bonds. The van der Waals surface area contributed by atoms with Crippen LogP contribution in [0.25, 0.3) is 0 Å². The number of hydrogen-bond acceptors (Lipinski definition) is 5. The second kappa shape index (κ2) is 7.89. The van der Waals surface area contributed by atoms with Crippen LogP contribution in [0.15, 0.2) is 0 Å². The van der Waals surface area contributed by atoms with Crippen molar-refractivity contribution in [2.45, 2.75) is 38.9 Å². The molecule has 2 heterocycles. The molecule has 0 aliphatic carbocycles. The third-order valence-corrected chi connectivity index (χ3v) is 6.20. The summed E-state index contributed by atoms with van der Waals surface area (Å²) in [7, 11) is -3.44. The first-order valence-corrected chi connectivity index (χ1v) is 9.53. The highest BCUT2D eigenvalue weighted by Crippen LogP contribution is 2.18. The van der Waals surface area contributed by atoms with Crippen LogP contribution in [-0.4, -0.2) is 91.0 Å². The molecule has 23 heavy (non-hydrogen) atoms. The molecule has 0 bridgehead atoms. The third kappa shape index (κ3) is 5.12. The maximum absolute atomic E-state index is 12.7. The SMILES string of the molecule is CC1CN(S(=O)(=O)N2CCN(CCCC(=O)O)CC2)CC(C)O1. The van der Waals surface area contributed by atoms with Gasteiger partial charge in [-0.3, -0.25) is 4.79 Å². The Morgan fingerprint density at radius 1 is 1.09 bits per heavy atom. The molecule has 0 aromatic carbocycles. The number of hydrogen-bond donors (Lipinski definition) is 1. The van der Waals surface area contributed by atoms with E-state index in [1.54, 1.807) is 0 Å². The number of nitrogens with zero attached hydrogens (tertiary/aromatic N) is 3. The van der Waals surface area contributed by atoms with Crippen molar-refractivity contribution in [3.8, 4) is 0 Å². The van der Waals surface area contributed by atoms with Gasteiger partial charge in [-0.25, -0.2) is 0 Å². The Kier molecular flexibility index (Phi) is 6.38. The highest BCUT2D eigenvalue weighted by atomic mass is 32.2. The summed E-state index contributed by atoms with van der Waals surface area (Å²) in [5, 5.41) is 8.66. The van der Waals surface area contributed by atoms with Gasteiger partial charge in [-0.05, 0) is 26.8 Å². The number of ether oxygens (including phenoxy) is 1. The second-order valence-corrected chi connectivity index (χ2v) is 8.25. The van der Waals surface area contributed by atoms with Gasteiger partial charge in [0.2, 0.25) is 0 Å². The zero-order valence-electron chi connectivity index (χ0n) is 13.8. The van der Waals surface area contributed by atoms with E-state index >= 15 is 0 Å². The average molecular weight is 349 g/mol. The van der Waals surface area contributed by atoms with Crippen LogP contribution in [0.1, 0.15) is 26.7 Å². The molecule has 8 nitrogen and oxygen atoms in total. The number of carboxylic acids is 1. The van der Waals surface area contributed by atoms with Gasteiger partial charge in [0, 0.05) is 45.7 Å². The summed E-state index contributed by atoms with van der Waals surface area (Å²) in [5.41, 5.74) is 0. The van der Waals surface area contributed by atoms with Crippen LogP contribution >= 0.6 is 0 Å².